The van der Waals surface area contributed by atoms with Gasteiger partial charge in [-0.2, -0.15) is 0 Å². The molecule has 0 aliphatic carbocycles. The van der Waals surface area contributed by atoms with Crippen molar-refractivity contribution in [2.24, 2.45) is 5.73 Å². The number of fused-ring (bicyclic) bond motifs is 1. The number of primary amides is 1. The van der Waals surface area contributed by atoms with Gasteiger partial charge in [0.25, 0.3) is 0 Å². The molecule has 3 aromatic rings. The topological polar surface area (TPSA) is 58.9 Å². The summed E-state index contributed by atoms with van der Waals surface area (Å²) in [6.07, 6.45) is 3.02. The number of aromatic amines is 1. The minimum Gasteiger partial charge on any atom is -0.370 e. The van der Waals surface area contributed by atoms with Crippen LogP contribution in [0.3, 0.4) is 0 Å². The molecule has 0 spiro atoms. The number of carbonyl (C=O) groups is 1. The van der Waals surface area contributed by atoms with Crippen LogP contribution < -0.4 is 5.73 Å². The number of amides is 1. The van der Waals surface area contributed by atoms with Crippen molar-refractivity contribution >= 4 is 16.8 Å². The second-order valence-corrected chi connectivity index (χ2v) is 5.41. The van der Waals surface area contributed by atoms with Gasteiger partial charge in [-0.1, -0.05) is 49.7 Å². The molecule has 120 valence electrons. The fourth-order valence-corrected chi connectivity index (χ4v) is 2.65. The minimum absolute atomic E-state index is 0.265. The third-order valence-corrected chi connectivity index (χ3v) is 3.76. The number of H-pyrrole nitrogens is 1. The monoisotopic (exact) mass is 308 g/mol. The molecule has 3 N–H and O–H groups in total. The molecular formula is C20H24N2O. The SMILES string of the molecule is CC.Cc1cccc(-c2ccc3[nH]cc(CCC(N)=O)c3c2)c1. The lowest BCUT2D eigenvalue weighted by molar-refractivity contribution is -0.117. The van der Waals surface area contributed by atoms with E-state index in [2.05, 4.69) is 54.4 Å². The fourth-order valence-electron chi connectivity index (χ4n) is 2.65. The number of hydrogen-bond acceptors (Lipinski definition) is 1. The van der Waals surface area contributed by atoms with Gasteiger partial charge < -0.3 is 10.7 Å². The lowest BCUT2D eigenvalue weighted by Gasteiger charge is -2.04. The van der Waals surface area contributed by atoms with Crippen LogP contribution in [-0.4, -0.2) is 10.9 Å². The van der Waals surface area contributed by atoms with Gasteiger partial charge in [0, 0.05) is 23.5 Å². The Labute approximate surface area is 137 Å². The van der Waals surface area contributed by atoms with Crippen molar-refractivity contribution in [3.63, 3.8) is 0 Å². The Hall–Kier alpha value is -2.55. The molecule has 0 saturated heterocycles. The molecule has 0 unspecified atom stereocenters. The molecule has 2 aromatic carbocycles. The molecule has 1 aromatic heterocycles. The molecule has 1 amide bonds. The smallest absolute Gasteiger partial charge is 0.217 e. The van der Waals surface area contributed by atoms with Crippen LogP contribution in [-0.2, 0) is 11.2 Å². The molecule has 0 radical (unpaired) electrons. The number of aromatic nitrogens is 1. The molecule has 0 fully saturated rings. The predicted molar refractivity (Wildman–Crippen MR) is 97.3 cm³/mol. The highest BCUT2D eigenvalue weighted by Gasteiger charge is 2.07. The number of nitrogens with two attached hydrogens (primary N) is 1. The van der Waals surface area contributed by atoms with E-state index in [9.17, 15) is 4.79 Å². The molecule has 0 saturated carbocycles. The van der Waals surface area contributed by atoms with Crippen LogP contribution in [0.5, 0.6) is 0 Å². The predicted octanol–water partition coefficient (Wildman–Crippen LogP) is 4.59. The van der Waals surface area contributed by atoms with Crippen LogP contribution in [0.2, 0.25) is 0 Å². The lowest BCUT2D eigenvalue weighted by atomic mass is 10.00. The second kappa shape index (κ2) is 7.63. The van der Waals surface area contributed by atoms with Gasteiger partial charge in [0.2, 0.25) is 5.91 Å². The number of nitrogens with one attached hydrogen (secondary N) is 1. The zero-order valence-electron chi connectivity index (χ0n) is 14.0. The third-order valence-electron chi connectivity index (χ3n) is 3.76. The Morgan fingerprint density at radius 2 is 1.83 bits per heavy atom. The van der Waals surface area contributed by atoms with E-state index in [1.54, 1.807) is 0 Å². The molecule has 0 bridgehead atoms. The molecule has 3 heteroatoms. The van der Waals surface area contributed by atoms with Gasteiger partial charge in [-0.05, 0) is 42.2 Å². The van der Waals surface area contributed by atoms with E-state index in [0.717, 1.165) is 16.5 Å². The summed E-state index contributed by atoms with van der Waals surface area (Å²) in [6.45, 7) is 6.09. The maximum Gasteiger partial charge on any atom is 0.217 e. The number of hydrogen-bond donors (Lipinski definition) is 2. The zero-order chi connectivity index (χ0) is 16.8. The van der Waals surface area contributed by atoms with Gasteiger partial charge in [0.1, 0.15) is 0 Å². The van der Waals surface area contributed by atoms with Gasteiger partial charge in [0.05, 0.1) is 0 Å². The summed E-state index contributed by atoms with van der Waals surface area (Å²) in [6, 6.07) is 14.8. The van der Waals surface area contributed by atoms with Crippen LogP contribution in [0.1, 0.15) is 31.4 Å². The van der Waals surface area contributed by atoms with Crippen molar-refractivity contribution in [2.45, 2.75) is 33.6 Å². The second-order valence-electron chi connectivity index (χ2n) is 5.41. The van der Waals surface area contributed by atoms with E-state index in [1.807, 2.05) is 20.0 Å². The summed E-state index contributed by atoms with van der Waals surface area (Å²) in [5.74, 6) is -0.265. The summed E-state index contributed by atoms with van der Waals surface area (Å²) in [5.41, 5.74) is 11.1. The van der Waals surface area contributed by atoms with Crippen LogP contribution in [0.4, 0.5) is 0 Å². The highest BCUT2D eigenvalue weighted by molar-refractivity contribution is 5.88. The van der Waals surface area contributed by atoms with Crippen molar-refractivity contribution < 1.29 is 4.79 Å². The molecule has 0 aliphatic heterocycles. The fraction of sp³-hybridized carbons (Fsp3) is 0.250. The zero-order valence-corrected chi connectivity index (χ0v) is 14.0. The Morgan fingerprint density at radius 3 is 2.52 bits per heavy atom. The summed E-state index contributed by atoms with van der Waals surface area (Å²) in [5, 5.41) is 1.16. The summed E-state index contributed by atoms with van der Waals surface area (Å²) in [4.78, 5) is 14.2. The normalized spacial score (nSPS) is 10.2. The number of rotatable bonds is 4. The first-order valence-corrected chi connectivity index (χ1v) is 8.09. The maximum absolute atomic E-state index is 11.0. The lowest BCUT2D eigenvalue weighted by Crippen LogP contribution is -2.10. The van der Waals surface area contributed by atoms with Crippen molar-refractivity contribution in [2.75, 3.05) is 0 Å². The van der Waals surface area contributed by atoms with Crippen LogP contribution >= 0.6 is 0 Å². The first-order chi connectivity index (χ1) is 11.1. The summed E-state index contributed by atoms with van der Waals surface area (Å²) < 4.78 is 0. The number of aryl methyl sites for hydroxylation is 2. The van der Waals surface area contributed by atoms with Crippen molar-refractivity contribution in [3.8, 4) is 11.1 Å². The number of benzene rings is 2. The first-order valence-electron chi connectivity index (χ1n) is 8.09. The number of carbonyl (C=O) groups excluding carboxylic acids is 1. The standard InChI is InChI=1S/C18H18N2O.C2H6/c1-12-3-2-4-13(9-12)14-5-7-17-16(10-14)15(11-20-17)6-8-18(19)21;1-2/h2-5,7,9-11,20H,6,8H2,1H3,(H2,19,21);1-2H3. The van der Waals surface area contributed by atoms with Crippen molar-refractivity contribution in [1.29, 1.82) is 0 Å². The van der Waals surface area contributed by atoms with Gasteiger partial charge in [-0.3, -0.25) is 4.79 Å². The van der Waals surface area contributed by atoms with E-state index < -0.39 is 0 Å². The Bertz CT molecular complexity index is 802. The van der Waals surface area contributed by atoms with Crippen molar-refractivity contribution in [3.05, 3.63) is 59.8 Å². The average Bonchev–Trinajstić information content (AvgIpc) is 2.97. The van der Waals surface area contributed by atoms with E-state index >= 15 is 0 Å². The quantitative estimate of drug-likeness (QED) is 0.727. The Balaban J connectivity index is 0.000000924. The highest BCUT2D eigenvalue weighted by atomic mass is 16.1. The molecule has 0 atom stereocenters. The molecule has 3 rings (SSSR count). The third kappa shape index (κ3) is 4.01. The van der Waals surface area contributed by atoms with Crippen LogP contribution in [0.15, 0.2) is 48.7 Å². The molecular weight excluding hydrogens is 284 g/mol. The highest BCUT2D eigenvalue weighted by Crippen LogP contribution is 2.27. The molecule has 23 heavy (non-hydrogen) atoms. The van der Waals surface area contributed by atoms with Crippen molar-refractivity contribution in [1.82, 2.24) is 4.98 Å². The summed E-state index contributed by atoms with van der Waals surface area (Å²) >= 11 is 0. The van der Waals surface area contributed by atoms with Gasteiger partial charge in [0.15, 0.2) is 0 Å². The van der Waals surface area contributed by atoms with Crippen LogP contribution in [0.25, 0.3) is 22.0 Å². The van der Waals surface area contributed by atoms with E-state index in [4.69, 9.17) is 5.73 Å². The minimum atomic E-state index is -0.265. The largest absolute Gasteiger partial charge is 0.370 e. The van der Waals surface area contributed by atoms with E-state index in [0.29, 0.717) is 12.8 Å². The molecule has 3 nitrogen and oxygen atoms in total. The maximum atomic E-state index is 11.0. The van der Waals surface area contributed by atoms with Gasteiger partial charge >= 0.3 is 0 Å². The van der Waals surface area contributed by atoms with Gasteiger partial charge in [-0.25, -0.2) is 0 Å². The average molecular weight is 308 g/mol. The Morgan fingerprint density at radius 1 is 1.09 bits per heavy atom. The van der Waals surface area contributed by atoms with Gasteiger partial charge in [-0.15, -0.1) is 0 Å². The molecule has 0 aliphatic rings. The van der Waals surface area contributed by atoms with E-state index in [-0.39, 0.29) is 5.91 Å². The Kier molecular flexibility index (Phi) is 5.58. The van der Waals surface area contributed by atoms with E-state index in [1.165, 1.54) is 16.7 Å². The first kappa shape index (κ1) is 16.8. The summed E-state index contributed by atoms with van der Waals surface area (Å²) in [7, 11) is 0. The van der Waals surface area contributed by atoms with Crippen LogP contribution in [0, 0.1) is 6.92 Å². The molecule has 1 heterocycles.